The van der Waals surface area contributed by atoms with Gasteiger partial charge in [0.05, 0.1) is 7.11 Å². The summed E-state index contributed by atoms with van der Waals surface area (Å²) in [5.41, 5.74) is 0. The molecule has 1 aliphatic heterocycles. The second-order valence-corrected chi connectivity index (χ2v) is 3.38. The third-order valence-corrected chi connectivity index (χ3v) is 2.28. The number of rotatable bonds is 4. The maximum atomic E-state index is 10.7. The van der Waals surface area contributed by atoms with Crippen LogP contribution in [0.5, 0.6) is 0 Å². The lowest BCUT2D eigenvalue weighted by atomic mass is 10.1. The molecule has 0 saturated carbocycles. The fourth-order valence-electron chi connectivity index (χ4n) is 1.48. The standard InChI is InChI=1S/C10H18N2O2/c1-14-10(13)5-3-7-12-9-4-2-6-11-8-9/h3,5,9,11-12H,2,4,6-8H2,1H3/b5-3+. The zero-order chi connectivity index (χ0) is 10.2. The molecule has 4 nitrogen and oxygen atoms in total. The van der Waals surface area contributed by atoms with Crippen molar-refractivity contribution in [3.05, 3.63) is 12.2 Å². The summed E-state index contributed by atoms with van der Waals surface area (Å²) in [6.45, 7) is 2.86. The maximum Gasteiger partial charge on any atom is 0.330 e. The Hall–Kier alpha value is -0.870. The van der Waals surface area contributed by atoms with Crippen molar-refractivity contribution >= 4 is 5.97 Å². The molecule has 80 valence electrons. The first-order valence-electron chi connectivity index (χ1n) is 5.01. The van der Waals surface area contributed by atoms with Gasteiger partial charge in [-0.25, -0.2) is 4.79 Å². The second kappa shape index (κ2) is 6.56. The van der Waals surface area contributed by atoms with Crippen LogP contribution in [0, 0.1) is 0 Å². The third kappa shape index (κ3) is 4.39. The Morgan fingerprint density at radius 3 is 3.21 bits per heavy atom. The highest BCUT2D eigenvalue weighted by Gasteiger charge is 2.10. The highest BCUT2D eigenvalue weighted by Crippen LogP contribution is 2.00. The van der Waals surface area contributed by atoms with E-state index in [1.165, 1.54) is 26.0 Å². The van der Waals surface area contributed by atoms with Crippen LogP contribution in [0.25, 0.3) is 0 Å². The third-order valence-electron chi connectivity index (χ3n) is 2.28. The van der Waals surface area contributed by atoms with Crippen molar-refractivity contribution < 1.29 is 9.53 Å². The zero-order valence-corrected chi connectivity index (χ0v) is 8.58. The van der Waals surface area contributed by atoms with Gasteiger partial charge in [0, 0.05) is 25.2 Å². The Kier molecular flexibility index (Phi) is 5.25. The molecule has 1 aliphatic rings. The Balaban J connectivity index is 2.07. The van der Waals surface area contributed by atoms with Crippen molar-refractivity contribution in [2.24, 2.45) is 0 Å². The average molecular weight is 198 g/mol. The minimum absolute atomic E-state index is 0.298. The quantitative estimate of drug-likeness (QED) is 0.495. The summed E-state index contributed by atoms with van der Waals surface area (Å²) in [5.74, 6) is -0.298. The van der Waals surface area contributed by atoms with Crippen LogP contribution in [0.2, 0.25) is 0 Å². The van der Waals surface area contributed by atoms with E-state index in [0.717, 1.165) is 19.6 Å². The van der Waals surface area contributed by atoms with Crippen molar-refractivity contribution in [1.29, 1.82) is 0 Å². The normalized spacial score (nSPS) is 22.5. The predicted molar refractivity (Wildman–Crippen MR) is 55.1 cm³/mol. The largest absolute Gasteiger partial charge is 0.466 e. The van der Waals surface area contributed by atoms with Crippen molar-refractivity contribution in [3.63, 3.8) is 0 Å². The first-order valence-corrected chi connectivity index (χ1v) is 5.01. The van der Waals surface area contributed by atoms with Crippen LogP contribution in [-0.4, -0.2) is 38.8 Å². The molecule has 14 heavy (non-hydrogen) atoms. The molecule has 0 amide bonds. The lowest BCUT2D eigenvalue weighted by Gasteiger charge is -2.23. The highest BCUT2D eigenvalue weighted by molar-refractivity contribution is 5.81. The molecule has 1 atom stereocenters. The van der Waals surface area contributed by atoms with Crippen molar-refractivity contribution in [1.82, 2.24) is 10.6 Å². The smallest absolute Gasteiger partial charge is 0.330 e. The zero-order valence-electron chi connectivity index (χ0n) is 8.58. The summed E-state index contributed by atoms with van der Waals surface area (Å²) in [6.07, 6.45) is 5.67. The Bertz CT molecular complexity index is 198. The number of hydrogen-bond donors (Lipinski definition) is 2. The van der Waals surface area contributed by atoms with E-state index >= 15 is 0 Å². The van der Waals surface area contributed by atoms with Gasteiger partial charge in [-0.2, -0.15) is 0 Å². The molecular formula is C10H18N2O2. The number of ether oxygens (including phenoxy) is 1. The van der Waals surface area contributed by atoms with Crippen LogP contribution < -0.4 is 10.6 Å². The molecule has 0 aliphatic carbocycles. The summed E-state index contributed by atoms with van der Waals surface area (Å²) in [4.78, 5) is 10.7. The van der Waals surface area contributed by atoms with E-state index in [1.807, 2.05) is 0 Å². The van der Waals surface area contributed by atoms with Gasteiger partial charge in [0.1, 0.15) is 0 Å². The topological polar surface area (TPSA) is 50.4 Å². The molecule has 1 fully saturated rings. The van der Waals surface area contributed by atoms with Crippen LogP contribution in [0.15, 0.2) is 12.2 Å². The summed E-state index contributed by atoms with van der Waals surface area (Å²) in [7, 11) is 1.38. The fourth-order valence-corrected chi connectivity index (χ4v) is 1.48. The van der Waals surface area contributed by atoms with E-state index in [-0.39, 0.29) is 5.97 Å². The first-order chi connectivity index (χ1) is 6.83. The van der Waals surface area contributed by atoms with Crippen molar-refractivity contribution in [2.45, 2.75) is 18.9 Å². The average Bonchev–Trinajstić information content (AvgIpc) is 2.25. The summed E-state index contributed by atoms with van der Waals surface area (Å²) in [6, 6.07) is 0.533. The van der Waals surface area contributed by atoms with Crippen LogP contribution in [-0.2, 0) is 9.53 Å². The van der Waals surface area contributed by atoms with Crippen LogP contribution >= 0.6 is 0 Å². The number of piperidine rings is 1. The van der Waals surface area contributed by atoms with Gasteiger partial charge in [-0.1, -0.05) is 6.08 Å². The lowest BCUT2D eigenvalue weighted by molar-refractivity contribution is -0.134. The van der Waals surface area contributed by atoms with Gasteiger partial charge in [-0.05, 0) is 19.4 Å². The molecule has 1 heterocycles. The Labute approximate surface area is 84.7 Å². The molecule has 1 saturated heterocycles. The molecule has 0 aromatic heterocycles. The van der Waals surface area contributed by atoms with E-state index in [2.05, 4.69) is 15.4 Å². The first kappa shape index (κ1) is 11.2. The minimum Gasteiger partial charge on any atom is -0.466 e. The minimum atomic E-state index is -0.298. The summed E-state index contributed by atoms with van der Waals surface area (Å²) < 4.78 is 4.48. The fraction of sp³-hybridized carbons (Fsp3) is 0.700. The second-order valence-electron chi connectivity index (χ2n) is 3.38. The molecule has 1 rings (SSSR count). The van der Waals surface area contributed by atoms with Gasteiger partial charge < -0.3 is 15.4 Å². The molecule has 0 radical (unpaired) electrons. The molecule has 0 aromatic carbocycles. The Morgan fingerprint density at radius 1 is 1.71 bits per heavy atom. The molecular weight excluding hydrogens is 180 g/mol. The van der Waals surface area contributed by atoms with Crippen LogP contribution in [0.3, 0.4) is 0 Å². The Morgan fingerprint density at radius 2 is 2.57 bits per heavy atom. The maximum absolute atomic E-state index is 10.7. The van der Waals surface area contributed by atoms with E-state index in [1.54, 1.807) is 6.08 Å². The molecule has 0 bridgehead atoms. The molecule has 1 unspecified atom stereocenters. The molecule has 2 N–H and O–H groups in total. The highest BCUT2D eigenvalue weighted by atomic mass is 16.5. The molecule has 0 spiro atoms. The van der Waals surface area contributed by atoms with Gasteiger partial charge in [0.25, 0.3) is 0 Å². The monoisotopic (exact) mass is 198 g/mol. The number of hydrogen-bond acceptors (Lipinski definition) is 4. The van der Waals surface area contributed by atoms with E-state index < -0.39 is 0 Å². The van der Waals surface area contributed by atoms with E-state index in [0.29, 0.717) is 6.04 Å². The predicted octanol–water partition coefficient (Wildman–Crippen LogP) is 0.0572. The molecule has 0 aromatic rings. The van der Waals surface area contributed by atoms with Gasteiger partial charge >= 0.3 is 5.97 Å². The van der Waals surface area contributed by atoms with E-state index in [9.17, 15) is 4.79 Å². The SMILES string of the molecule is COC(=O)/C=C/CNC1CCCNC1. The summed E-state index contributed by atoms with van der Waals surface area (Å²) in [5, 5.41) is 6.66. The number of esters is 1. The van der Waals surface area contributed by atoms with Crippen molar-refractivity contribution in [2.75, 3.05) is 26.7 Å². The van der Waals surface area contributed by atoms with Crippen LogP contribution in [0.1, 0.15) is 12.8 Å². The van der Waals surface area contributed by atoms with Crippen LogP contribution in [0.4, 0.5) is 0 Å². The van der Waals surface area contributed by atoms with Gasteiger partial charge in [0.2, 0.25) is 0 Å². The van der Waals surface area contributed by atoms with Gasteiger partial charge in [0.15, 0.2) is 0 Å². The number of carbonyl (C=O) groups is 1. The molecule has 4 heteroatoms. The summed E-state index contributed by atoms with van der Waals surface area (Å²) >= 11 is 0. The number of methoxy groups -OCH3 is 1. The number of nitrogens with one attached hydrogen (secondary N) is 2. The van der Waals surface area contributed by atoms with E-state index in [4.69, 9.17) is 0 Å². The number of carbonyl (C=O) groups excluding carboxylic acids is 1. The van der Waals surface area contributed by atoms with Gasteiger partial charge in [-0.15, -0.1) is 0 Å². The van der Waals surface area contributed by atoms with Crippen molar-refractivity contribution in [3.8, 4) is 0 Å². The lowest BCUT2D eigenvalue weighted by Crippen LogP contribution is -2.43. The van der Waals surface area contributed by atoms with Gasteiger partial charge in [-0.3, -0.25) is 0 Å².